The lowest BCUT2D eigenvalue weighted by Crippen LogP contribution is -2.24. The number of benzene rings is 1. The molecule has 0 aromatic heterocycles. The van der Waals surface area contributed by atoms with Crippen molar-refractivity contribution in [3.05, 3.63) is 58.7 Å². The molecule has 8 heteroatoms. The van der Waals surface area contributed by atoms with Gasteiger partial charge in [-0.1, -0.05) is 18.2 Å². The number of ether oxygens (including phenoxy) is 1. The van der Waals surface area contributed by atoms with Crippen LogP contribution in [-0.4, -0.2) is 12.9 Å². The SMILES string of the molecule is COC(C)c1cc(C(F)(F)F)cc(C(F)(F)F)c1.O=C1CC(C2=CCCC=C2)C1. The van der Waals surface area contributed by atoms with Gasteiger partial charge in [-0.05, 0) is 55.0 Å². The van der Waals surface area contributed by atoms with Crippen LogP contribution in [0.3, 0.4) is 0 Å². The molecule has 1 saturated carbocycles. The number of rotatable bonds is 3. The highest BCUT2D eigenvalue weighted by molar-refractivity contribution is 5.85. The van der Waals surface area contributed by atoms with Crippen molar-refractivity contribution in [2.24, 2.45) is 5.92 Å². The third kappa shape index (κ3) is 6.45. The Labute approximate surface area is 165 Å². The summed E-state index contributed by atoms with van der Waals surface area (Å²) >= 11 is 0. The standard InChI is InChI=1S/C11H10F6O.C10H12O/c1-6(18-2)7-3-8(10(12,13)14)5-9(4-7)11(15,16)17;11-10-6-9(7-10)8-4-2-1-3-5-8/h3-6H,1-2H3;2,4-5,9H,1,3,6-7H2. The summed E-state index contributed by atoms with van der Waals surface area (Å²) in [5.41, 5.74) is -1.44. The number of methoxy groups -OCH3 is 1. The van der Waals surface area contributed by atoms with Crippen LogP contribution in [0.4, 0.5) is 26.3 Å². The summed E-state index contributed by atoms with van der Waals surface area (Å²) in [6.45, 7) is 1.37. The Hall–Kier alpha value is -2.09. The van der Waals surface area contributed by atoms with Crippen LogP contribution in [-0.2, 0) is 21.9 Å². The predicted octanol–water partition coefficient (Wildman–Crippen LogP) is 6.67. The topological polar surface area (TPSA) is 26.3 Å². The van der Waals surface area contributed by atoms with E-state index in [1.165, 1.54) is 26.0 Å². The quantitative estimate of drug-likeness (QED) is 0.510. The highest BCUT2D eigenvalue weighted by Gasteiger charge is 2.37. The largest absolute Gasteiger partial charge is 0.416 e. The normalized spacial score (nSPS) is 18.5. The van der Waals surface area contributed by atoms with E-state index >= 15 is 0 Å². The Morgan fingerprint density at radius 2 is 1.52 bits per heavy atom. The van der Waals surface area contributed by atoms with E-state index in [1.54, 1.807) is 0 Å². The highest BCUT2D eigenvalue weighted by Crippen LogP contribution is 2.37. The molecule has 160 valence electrons. The molecule has 1 atom stereocenters. The van der Waals surface area contributed by atoms with Crippen molar-refractivity contribution in [2.75, 3.05) is 7.11 Å². The molecule has 1 unspecified atom stereocenters. The molecule has 0 heterocycles. The molecule has 2 nitrogen and oxygen atoms in total. The lowest BCUT2D eigenvalue weighted by Gasteiger charge is -2.26. The number of halogens is 6. The zero-order valence-electron chi connectivity index (χ0n) is 16.0. The van der Waals surface area contributed by atoms with E-state index in [2.05, 4.69) is 18.2 Å². The molecule has 0 aliphatic heterocycles. The Bertz CT molecular complexity index is 749. The minimum atomic E-state index is -4.83. The first-order valence-electron chi connectivity index (χ1n) is 9.12. The summed E-state index contributed by atoms with van der Waals surface area (Å²) in [5.74, 6) is 0.994. The van der Waals surface area contributed by atoms with E-state index in [-0.39, 0.29) is 11.6 Å². The van der Waals surface area contributed by atoms with Gasteiger partial charge in [-0.25, -0.2) is 0 Å². The maximum atomic E-state index is 12.5. The van der Waals surface area contributed by atoms with Crippen LogP contribution < -0.4 is 0 Å². The van der Waals surface area contributed by atoms with Crippen LogP contribution in [0.5, 0.6) is 0 Å². The average Bonchev–Trinajstić information content (AvgIpc) is 2.64. The summed E-state index contributed by atoms with van der Waals surface area (Å²) in [5, 5.41) is 0. The number of allylic oxidation sites excluding steroid dienone is 4. The Morgan fingerprint density at radius 1 is 0.966 bits per heavy atom. The van der Waals surface area contributed by atoms with Gasteiger partial charge in [-0.15, -0.1) is 0 Å². The van der Waals surface area contributed by atoms with Crippen LogP contribution in [0.15, 0.2) is 42.0 Å². The monoisotopic (exact) mass is 420 g/mol. The van der Waals surface area contributed by atoms with E-state index in [9.17, 15) is 31.1 Å². The zero-order valence-corrected chi connectivity index (χ0v) is 16.0. The fourth-order valence-electron chi connectivity index (χ4n) is 3.01. The van der Waals surface area contributed by atoms with Crippen LogP contribution in [0, 0.1) is 5.92 Å². The smallest absolute Gasteiger partial charge is 0.377 e. The zero-order chi connectivity index (χ0) is 21.8. The molecule has 0 bridgehead atoms. The third-order valence-electron chi connectivity index (χ3n) is 4.88. The molecule has 1 fully saturated rings. The van der Waals surface area contributed by atoms with Gasteiger partial charge >= 0.3 is 12.4 Å². The van der Waals surface area contributed by atoms with Crippen molar-refractivity contribution >= 4 is 5.78 Å². The van der Waals surface area contributed by atoms with Crippen molar-refractivity contribution in [2.45, 2.75) is 51.1 Å². The van der Waals surface area contributed by atoms with Crippen LogP contribution >= 0.6 is 0 Å². The van der Waals surface area contributed by atoms with E-state index in [1.807, 2.05) is 0 Å². The van der Waals surface area contributed by atoms with Crippen molar-refractivity contribution in [1.82, 2.24) is 0 Å². The molecular weight excluding hydrogens is 398 g/mol. The van der Waals surface area contributed by atoms with Crippen LogP contribution in [0.2, 0.25) is 0 Å². The number of Topliss-reactive ketones (excluding diaryl/α,β-unsaturated/α-hetero) is 1. The van der Waals surface area contributed by atoms with Crippen LogP contribution in [0.1, 0.15) is 55.4 Å². The minimum absolute atomic E-state index is 0.0892. The number of ketones is 1. The van der Waals surface area contributed by atoms with Gasteiger partial charge in [0, 0.05) is 20.0 Å². The van der Waals surface area contributed by atoms with E-state index in [0.29, 0.717) is 23.8 Å². The number of hydrogen-bond donors (Lipinski definition) is 0. The van der Waals surface area contributed by atoms with Gasteiger partial charge in [0.05, 0.1) is 17.2 Å². The molecule has 0 radical (unpaired) electrons. The molecule has 0 spiro atoms. The first-order chi connectivity index (χ1) is 13.4. The lowest BCUT2D eigenvalue weighted by molar-refractivity contribution is -0.143. The second-order valence-electron chi connectivity index (χ2n) is 7.04. The minimum Gasteiger partial charge on any atom is -0.377 e. The fourth-order valence-corrected chi connectivity index (χ4v) is 3.01. The van der Waals surface area contributed by atoms with E-state index < -0.39 is 29.6 Å². The van der Waals surface area contributed by atoms with E-state index in [0.717, 1.165) is 19.3 Å². The highest BCUT2D eigenvalue weighted by atomic mass is 19.4. The molecule has 0 N–H and O–H groups in total. The number of alkyl halides is 6. The Kier molecular flexibility index (Phi) is 7.32. The van der Waals surface area contributed by atoms with Crippen molar-refractivity contribution in [3.63, 3.8) is 0 Å². The summed E-state index contributed by atoms with van der Waals surface area (Å²) in [4.78, 5) is 10.7. The summed E-state index contributed by atoms with van der Waals surface area (Å²) < 4.78 is 79.7. The van der Waals surface area contributed by atoms with Crippen molar-refractivity contribution in [1.29, 1.82) is 0 Å². The predicted molar refractivity (Wildman–Crippen MR) is 96.1 cm³/mol. The molecule has 29 heavy (non-hydrogen) atoms. The van der Waals surface area contributed by atoms with Crippen LogP contribution in [0.25, 0.3) is 0 Å². The van der Waals surface area contributed by atoms with Gasteiger partial charge in [0.1, 0.15) is 5.78 Å². The lowest BCUT2D eigenvalue weighted by atomic mass is 9.77. The van der Waals surface area contributed by atoms with Gasteiger partial charge in [0.25, 0.3) is 0 Å². The summed E-state index contributed by atoms with van der Waals surface area (Å²) in [6.07, 6.45) is 0.0592. The summed E-state index contributed by atoms with van der Waals surface area (Å²) in [7, 11) is 1.21. The Morgan fingerprint density at radius 3 is 1.90 bits per heavy atom. The molecule has 2 aliphatic rings. The van der Waals surface area contributed by atoms with Gasteiger partial charge in [-0.3, -0.25) is 4.79 Å². The van der Waals surface area contributed by atoms with Gasteiger partial charge in [-0.2, -0.15) is 26.3 Å². The maximum Gasteiger partial charge on any atom is 0.416 e. The van der Waals surface area contributed by atoms with Crippen molar-refractivity contribution in [3.8, 4) is 0 Å². The second-order valence-corrected chi connectivity index (χ2v) is 7.04. The van der Waals surface area contributed by atoms with Gasteiger partial charge in [0.2, 0.25) is 0 Å². The first kappa shape index (κ1) is 23.2. The number of hydrogen-bond acceptors (Lipinski definition) is 2. The molecule has 0 amide bonds. The van der Waals surface area contributed by atoms with Crippen molar-refractivity contribution < 1.29 is 35.9 Å². The first-order valence-corrected chi connectivity index (χ1v) is 9.12. The molecule has 3 rings (SSSR count). The molecule has 1 aromatic rings. The van der Waals surface area contributed by atoms with E-state index in [4.69, 9.17) is 4.74 Å². The van der Waals surface area contributed by atoms with Gasteiger partial charge in [0.15, 0.2) is 0 Å². The summed E-state index contributed by atoms with van der Waals surface area (Å²) in [6, 6.07) is 1.40. The molecule has 1 aromatic carbocycles. The fraction of sp³-hybridized carbons (Fsp3) is 0.476. The second kappa shape index (κ2) is 9.15. The maximum absolute atomic E-state index is 12.5. The average molecular weight is 420 g/mol. The number of carbonyl (C=O) groups excluding carboxylic acids is 1. The van der Waals surface area contributed by atoms with Gasteiger partial charge < -0.3 is 4.74 Å². The third-order valence-corrected chi connectivity index (χ3v) is 4.88. The molecule has 2 aliphatic carbocycles. The number of carbonyl (C=O) groups is 1. The Balaban J connectivity index is 0.000000230. The molecule has 0 saturated heterocycles. The molecular formula is C21H22F6O2.